The van der Waals surface area contributed by atoms with Crippen molar-refractivity contribution in [2.24, 2.45) is 0 Å². The molecule has 21 heavy (non-hydrogen) atoms. The summed E-state index contributed by atoms with van der Waals surface area (Å²) in [6, 6.07) is 5.74. The minimum absolute atomic E-state index is 0.447. The van der Waals surface area contributed by atoms with Crippen molar-refractivity contribution in [2.75, 3.05) is 20.3 Å². The lowest BCUT2D eigenvalue weighted by molar-refractivity contribution is -0.0221. The second-order valence-electron chi connectivity index (χ2n) is 6.49. The molecule has 2 atom stereocenters. The fraction of sp³-hybridized carbons (Fsp3) is 0.579. The third kappa shape index (κ3) is 2.67. The molecule has 0 N–H and O–H groups in total. The molecule has 0 aliphatic carbocycles. The third-order valence-corrected chi connectivity index (χ3v) is 5.08. The Morgan fingerprint density at radius 2 is 1.81 bits per heavy atom. The lowest BCUT2D eigenvalue weighted by atomic mass is 9.83. The van der Waals surface area contributed by atoms with Gasteiger partial charge in [-0.2, -0.15) is 0 Å². The second kappa shape index (κ2) is 5.94. The van der Waals surface area contributed by atoms with Crippen LogP contribution in [0.4, 0.5) is 0 Å². The SMILES string of the molecule is CCc1cc(C)cc(CC)c1C1=CC2COCC(C1)N2C. The van der Waals surface area contributed by atoms with Gasteiger partial charge in [0.05, 0.1) is 19.3 Å². The molecule has 0 spiro atoms. The largest absolute Gasteiger partial charge is 0.378 e. The highest BCUT2D eigenvalue weighted by Gasteiger charge is 2.33. The van der Waals surface area contributed by atoms with Gasteiger partial charge in [0.25, 0.3) is 0 Å². The van der Waals surface area contributed by atoms with Crippen molar-refractivity contribution in [1.82, 2.24) is 4.90 Å². The molecule has 2 bridgehead atoms. The first kappa shape index (κ1) is 14.8. The van der Waals surface area contributed by atoms with E-state index < -0.39 is 0 Å². The lowest BCUT2D eigenvalue weighted by Gasteiger charge is -2.43. The van der Waals surface area contributed by atoms with Crippen molar-refractivity contribution in [3.8, 4) is 0 Å². The molecule has 2 unspecified atom stereocenters. The molecule has 1 aromatic rings. The number of hydrogen-bond acceptors (Lipinski definition) is 2. The van der Waals surface area contributed by atoms with Crippen LogP contribution in [0.5, 0.6) is 0 Å². The fourth-order valence-electron chi connectivity index (χ4n) is 3.85. The standard InChI is InChI=1S/C19H27NO/c1-5-14-7-13(3)8-15(6-2)19(14)16-9-17-11-21-12-18(10-16)20(17)4/h7-9,17-18H,5-6,10-12H2,1-4H3. The van der Waals surface area contributed by atoms with Crippen molar-refractivity contribution < 1.29 is 4.74 Å². The molecule has 2 aliphatic heterocycles. The number of hydrogen-bond donors (Lipinski definition) is 0. The topological polar surface area (TPSA) is 12.5 Å². The number of likely N-dealkylation sites (N-methyl/N-ethyl adjacent to an activating group) is 1. The monoisotopic (exact) mass is 285 g/mol. The van der Waals surface area contributed by atoms with Crippen LogP contribution in [0, 0.1) is 6.92 Å². The van der Waals surface area contributed by atoms with E-state index in [1.165, 1.54) is 22.3 Å². The quantitative estimate of drug-likeness (QED) is 0.841. The lowest BCUT2D eigenvalue weighted by Crippen LogP contribution is -2.51. The van der Waals surface area contributed by atoms with Gasteiger partial charge in [0, 0.05) is 6.04 Å². The van der Waals surface area contributed by atoms with Crippen LogP contribution in [0.25, 0.3) is 5.57 Å². The smallest absolute Gasteiger partial charge is 0.0658 e. The van der Waals surface area contributed by atoms with Crippen LogP contribution in [-0.2, 0) is 17.6 Å². The highest BCUT2D eigenvalue weighted by molar-refractivity contribution is 5.73. The van der Waals surface area contributed by atoms with Gasteiger partial charge >= 0.3 is 0 Å². The molecule has 2 nitrogen and oxygen atoms in total. The molecule has 0 radical (unpaired) electrons. The van der Waals surface area contributed by atoms with Gasteiger partial charge in [0.15, 0.2) is 0 Å². The molecule has 1 aromatic carbocycles. The van der Waals surface area contributed by atoms with E-state index in [1.54, 1.807) is 5.57 Å². The summed E-state index contributed by atoms with van der Waals surface area (Å²) < 4.78 is 5.74. The first-order valence-corrected chi connectivity index (χ1v) is 8.27. The van der Waals surface area contributed by atoms with Crippen molar-refractivity contribution in [3.05, 3.63) is 40.5 Å². The molecule has 2 heteroatoms. The molecule has 2 aliphatic rings. The van der Waals surface area contributed by atoms with Gasteiger partial charge in [-0.1, -0.05) is 37.6 Å². The summed E-state index contributed by atoms with van der Waals surface area (Å²) in [5.41, 5.74) is 7.52. The molecule has 114 valence electrons. The first-order valence-electron chi connectivity index (χ1n) is 8.27. The summed E-state index contributed by atoms with van der Waals surface area (Å²) in [7, 11) is 2.24. The third-order valence-electron chi connectivity index (χ3n) is 5.08. The molecular weight excluding hydrogens is 258 g/mol. The number of fused-ring (bicyclic) bond motifs is 2. The van der Waals surface area contributed by atoms with Crippen LogP contribution >= 0.6 is 0 Å². The maximum Gasteiger partial charge on any atom is 0.0658 e. The Hall–Kier alpha value is -1.12. The molecular formula is C19H27NO. The highest BCUT2D eigenvalue weighted by atomic mass is 16.5. The maximum atomic E-state index is 5.74. The zero-order valence-corrected chi connectivity index (χ0v) is 13.8. The molecule has 0 amide bonds. The molecule has 1 saturated heterocycles. The van der Waals surface area contributed by atoms with E-state index in [2.05, 4.69) is 50.9 Å². The predicted molar refractivity (Wildman–Crippen MR) is 88.7 cm³/mol. The maximum absolute atomic E-state index is 5.74. The van der Waals surface area contributed by atoms with Crippen LogP contribution in [0.2, 0.25) is 0 Å². The van der Waals surface area contributed by atoms with Gasteiger partial charge in [0.2, 0.25) is 0 Å². The van der Waals surface area contributed by atoms with E-state index in [-0.39, 0.29) is 0 Å². The van der Waals surface area contributed by atoms with Gasteiger partial charge in [-0.25, -0.2) is 0 Å². The number of aryl methyl sites for hydroxylation is 3. The van der Waals surface area contributed by atoms with Crippen LogP contribution in [0.15, 0.2) is 18.2 Å². The zero-order valence-electron chi connectivity index (χ0n) is 13.8. The highest BCUT2D eigenvalue weighted by Crippen LogP contribution is 2.35. The summed E-state index contributed by atoms with van der Waals surface area (Å²) in [5, 5.41) is 0. The average molecular weight is 285 g/mol. The Balaban J connectivity index is 2.08. The summed E-state index contributed by atoms with van der Waals surface area (Å²) in [6.45, 7) is 8.48. The normalized spacial score (nSPS) is 25.8. The van der Waals surface area contributed by atoms with Gasteiger partial charge in [-0.05, 0) is 55.5 Å². The van der Waals surface area contributed by atoms with Crippen LogP contribution in [0.3, 0.4) is 0 Å². The average Bonchev–Trinajstić information content (AvgIpc) is 2.46. The molecule has 1 fully saturated rings. The van der Waals surface area contributed by atoms with Gasteiger partial charge in [-0.15, -0.1) is 0 Å². The van der Waals surface area contributed by atoms with Crippen molar-refractivity contribution in [2.45, 2.75) is 52.1 Å². The predicted octanol–water partition coefficient (Wildman–Crippen LogP) is 3.61. The van der Waals surface area contributed by atoms with Crippen molar-refractivity contribution >= 4 is 5.57 Å². The Kier molecular flexibility index (Phi) is 4.19. The molecule has 0 saturated carbocycles. The summed E-state index contributed by atoms with van der Waals surface area (Å²) >= 11 is 0. The van der Waals surface area contributed by atoms with Crippen LogP contribution in [-0.4, -0.2) is 37.2 Å². The van der Waals surface area contributed by atoms with E-state index in [4.69, 9.17) is 4.74 Å². The zero-order chi connectivity index (χ0) is 15.0. The number of ether oxygens (including phenoxy) is 1. The Labute approximate surface area is 128 Å². The molecule has 3 rings (SSSR count). The van der Waals surface area contributed by atoms with E-state index in [0.717, 1.165) is 32.5 Å². The van der Waals surface area contributed by atoms with E-state index >= 15 is 0 Å². The Bertz CT molecular complexity index is 536. The number of nitrogens with zero attached hydrogens (tertiary/aromatic N) is 1. The van der Waals surface area contributed by atoms with Crippen molar-refractivity contribution in [3.63, 3.8) is 0 Å². The number of morpholine rings is 1. The second-order valence-corrected chi connectivity index (χ2v) is 6.49. The Morgan fingerprint density at radius 1 is 1.14 bits per heavy atom. The summed E-state index contributed by atoms with van der Waals surface area (Å²) in [6.07, 6.45) is 5.81. The first-order chi connectivity index (χ1) is 10.1. The number of rotatable bonds is 3. The molecule has 2 heterocycles. The van der Waals surface area contributed by atoms with Gasteiger partial charge < -0.3 is 4.74 Å². The van der Waals surface area contributed by atoms with Crippen LogP contribution < -0.4 is 0 Å². The van der Waals surface area contributed by atoms with E-state index in [1.807, 2.05) is 0 Å². The van der Waals surface area contributed by atoms with Crippen LogP contribution in [0.1, 0.15) is 42.5 Å². The van der Waals surface area contributed by atoms with E-state index in [9.17, 15) is 0 Å². The minimum Gasteiger partial charge on any atom is -0.378 e. The fourth-order valence-corrected chi connectivity index (χ4v) is 3.85. The Morgan fingerprint density at radius 3 is 2.38 bits per heavy atom. The van der Waals surface area contributed by atoms with Crippen molar-refractivity contribution in [1.29, 1.82) is 0 Å². The van der Waals surface area contributed by atoms with E-state index in [0.29, 0.717) is 12.1 Å². The summed E-state index contributed by atoms with van der Waals surface area (Å²) in [5.74, 6) is 0. The van der Waals surface area contributed by atoms with Gasteiger partial charge in [-0.3, -0.25) is 4.90 Å². The minimum atomic E-state index is 0.447. The summed E-state index contributed by atoms with van der Waals surface area (Å²) in [4.78, 5) is 2.48. The number of benzene rings is 1. The van der Waals surface area contributed by atoms with Gasteiger partial charge in [0.1, 0.15) is 0 Å². The molecule has 0 aromatic heterocycles.